The molecule has 1 aliphatic heterocycles. The summed E-state index contributed by atoms with van der Waals surface area (Å²) in [7, 11) is 0. The molecule has 1 aromatic rings. The van der Waals surface area contributed by atoms with E-state index in [0.29, 0.717) is 12.3 Å². The van der Waals surface area contributed by atoms with Gasteiger partial charge in [-0.15, -0.1) is 0 Å². The SMILES string of the molecule is CCOc1ccc(F)c(N2CCCCC2)c1. The number of anilines is 1. The summed E-state index contributed by atoms with van der Waals surface area (Å²) >= 11 is 0. The van der Waals surface area contributed by atoms with Crippen LogP contribution >= 0.6 is 0 Å². The van der Waals surface area contributed by atoms with Gasteiger partial charge in [-0.05, 0) is 38.3 Å². The van der Waals surface area contributed by atoms with Crippen molar-refractivity contribution in [1.82, 2.24) is 0 Å². The number of halogens is 1. The number of ether oxygens (including phenoxy) is 1. The Bertz CT molecular complexity index is 348. The third kappa shape index (κ3) is 2.46. The minimum atomic E-state index is -0.148. The molecular formula is C13H18FNO. The maximum absolute atomic E-state index is 13.7. The second-order valence-corrected chi connectivity index (χ2v) is 4.09. The van der Waals surface area contributed by atoms with Crippen molar-refractivity contribution in [3.05, 3.63) is 24.0 Å². The number of rotatable bonds is 3. The van der Waals surface area contributed by atoms with Gasteiger partial charge in [0.25, 0.3) is 0 Å². The first-order valence-electron chi connectivity index (χ1n) is 5.98. The van der Waals surface area contributed by atoms with E-state index in [0.717, 1.165) is 31.7 Å². The van der Waals surface area contributed by atoms with E-state index in [9.17, 15) is 4.39 Å². The van der Waals surface area contributed by atoms with Crippen molar-refractivity contribution in [2.45, 2.75) is 26.2 Å². The Morgan fingerprint density at radius 1 is 1.25 bits per heavy atom. The van der Waals surface area contributed by atoms with Crippen LogP contribution in [-0.4, -0.2) is 19.7 Å². The first-order chi connectivity index (χ1) is 7.81. The smallest absolute Gasteiger partial charge is 0.146 e. The molecule has 1 heterocycles. The van der Waals surface area contributed by atoms with Crippen LogP contribution in [-0.2, 0) is 0 Å². The van der Waals surface area contributed by atoms with Crippen molar-refractivity contribution in [2.75, 3.05) is 24.6 Å². The first-order valence-corrected chi connectivity index (χ1v) is 5.98. The Labute approximate surface area is 96.0 Å². The lowest BCUT2D eigenvalue weighted by Crippen LogP contribution is -2.30. The van der Waals surface area contributed by atoms with Gasteiger partial charge in [-0.1, -0.05) is 0 Å². The van der Waals surface area contributed by atoms with Crippen molar-refractivity contribution >= 4 is 5.69 Å². The lowest BCUT2D eigenvalue weighted by atomic mass is 10.1. The highest BCUT2D eigenvalue weighted by atomic mass is 19.1. The maximum Gasteiger partial charge on any atom is 0.146 e. The Kier molecular flexibility index (Phi) is 3.65. The Morgan fingerprint density at radius 2 is 2.00 bits per heavy atom. The zero-order valence-electron chi connectivity index (χ0n) is 9.71. The molecule has 2 rings (SSSR count). The van der Waals surface area contributed by atoms with Crippen LogP contribution in [0.25, 0.3) is 0 Å². The van der Waals surface area contributed by atoms with E-state index in [1.165, 1.54) is 12.5 Å². The molecule has 0 atom stereocenters. The first kappa shape index (κ1) is 11.2. The van der Waals surface area contributed by atoms with E-state index in [1.54, 1.807) is 6.07 Å². The molecule has 0 radical (unpaired) electrons. The number of piperidine rings is 1. The normalized spacial score (nSPS) is 16.2. The van der Waals surface area contributed by atoms with Crippen LogP contribution in [0.15, 0.2) is 18.2 Å². The summed E-state index contributed by atoms with van der Waals surface area (Å²) in [6.07, 6.45) is 3.56. The summed E-state index contributed by atoms with van der Waals surface area (Å²) < 4.78 is 19.1. The van der Waals surface area contributed by atoms with E-state index < -0.39 is 0 Å². The average Bonchev–Trinajstić information content (AvgIpc) is 2.33. The molecule has 88 valence electrons. The zero-order valence-corrected chi connectivity index (χ0v) is 9.71. The van der Waals surface area contributed by atoms with E-state index in [-0.39, 0.29) is 5.82 Å². The standard InChI is InChI=1S/C13H18FNO/c1-2-16-11-6-7-12(14)13(10-11)15-8-4-3-5-9-15/h6-7,10H,2-5,8-9H2,1H3. The fourth-order valence-electron chi connectivity index (χ4n) is 2.13. The summed E-state index contributed by atoms with van der Waals surface area (Å²) in [4.78, 5) is 2.11. The zero-order chi connectivity index (χ0) is 11.4. The van der Waals surface area contributed by atoms with Crippen LogP contribution < -0.4 is 9.64 Å². The number of hydrogen-bond acceptors (Lipinski definition) is 2. The third-order valence-electron chi connectivity index (χ3n) is 2.93. The molecule has 1 aromatic carbocycles. The molecule has 0 amide bonds. The molecule has 1 saturated heterocycles. The van der Waals surface area contributed by atoms with E-state index in [1.807, 2.05) is 13.0 Å². The molecule has 16 heavy (non-hydrogen) atoms. The largest absolute Gasteiger partial charge is 0.494 e. The Balaban J connectivity index is 2.19. The van der Waals surface area contributed by atoms with Crippen molar-refractivity contribution in [3.8, 4) is 5.75 Å². The van der Waals surface area contributed by atoms with E-state index in [2.05, 4.69) is 4.90 Å². The van der Waals surface area contributed by atoms with Gasteiger partial charge in [0.05, 0.1) is 12.3 Å². The maximum atomic E-state index is 13.7. The van der Waals surface area contributed by atoms with E-state index in [4.69, 9.17) is 4.74 Å². The summed E-state index contributed by atoms with van der Waals surface area (Å²) in [5.74, 6) is 0.606. The lowest BCUT2D eigenvalue weighted by molar-refractivity contribution is 0.339. The van der Waals surface area contributed by atoms with Crippen LogP contribution in [0, 0.1) is 5.82 Å². The van der Waals surface area contributed by atoms with Crippen LogP contribution in [0.4, 0.5) is 10.1 Å². The van der Waals surface area contributed by atoms with Crippen molar-refractivity contribution in [1.29, 1.82) is 0 Å². The van der Waals surface area contributed by atoms with Gasteiger partial charge in [-0.2, -0.15) is 0 Å². The van der Waals surface area contributed by atoms with Gasteiger partial charge in [0.1, 0.15) is 11.6 Å². The summed E-state index contributed by atoms with van der Waals surface area (Å²) in [5, 5.41) is 0. The number of hydrogen-bond donors (Lipinski definition) is 0. The minimum Gasteiger partial charge on any atom is -0.494 e. The van der Waals surface area contributed by atoms with Crippen LogP contribution in [0.3, 0.4) is 0 Å². The van der Waals surface area contributed by atoms with Gasteiger partial charge in [0, 0.05) is 19.2 Å². The summed E-state index contributed by atoms with van der Waals surface area (Å²) in [6, 6.07) is 4.99. The number of benzene rings is 1. The molecule has 2 nitrogen and oxygen atoms in total. The second kappa shape index (κ2) is 5.19. The van der Waals surface area contributed by atoms with Gasteiger partial charge in [0.15, 0.2) is 0 Å². The molecule has 0 saturated carbocycles. The van der Waals surface area contributed by atoms with Gasteiger partial charge in [-0.3, -0.25) is 0 Å². The molecular weight excluding hydrogens is 205 g/mol. The van der Waals surface area contributed by atoms with Crippen molar-refractivity contribution in [3.63, 3.8) is 0 Å². The molecule has 1 fully saturated rings. The summed E-state index contributed by atoms with van der Waals surface area (Å²) in [5.41, 5.74) is 0.686. The van der Waals surface area contributed by atoms with E-state index >= 15 is 0 Å². The molecule has 0 spiro atoms. The molecule has 3 heteroatoms. The minimum absolute atomic E-state index is 0.148. The fraction of sp³-hybridized carbons (Fsp3) is 0.538. The molecule has 0 aromatic heterocycles. The predicted octanol–water partition coefficient (Wildman–Crippen LogP) is 3.21. The van der Waals surface area contributed by atoms with Gasteiger partial charge >= 0.3 is 0 Å². The van der Waals surface area contributed by atoms with Crippen LogP contribution in [0.2, 0.25) is 0 Å². The Hall–Kier alpha value is -1.25. The van der Waals surface area contributed by atoms with Gasteiger partial charge < -0.3 is 9.64 Å². The van der Waals surface area contributed by atoms with Crippen molar-refractivity contribution in [2.24, 2.45) is 0 Å². The van der Waals surface area contributed by atoms with Gasteiger partial charge in [0.2, 0.25) is 0 Å². The van der Waals surface area contributed by atoms with Crippen LogP contribution in [0.1, 0.15) is 26.2 Å². The van der Waals surface area contributed by atoms with Crippen molar-refractivity contribution < 1.29 is 9.13 Å². The monoisotopic (exact) mass is 223 g/mol. The second-order valence-electron chi connectivity index (χ2n) is 4.09. The van der Waals surface area contributed by atoms with Crippen LogP contribution in [0.5, 0.6) is 5.75 Å². The highest BCUT2D eigenvalue weighted by Gasteiger charge is 2.15. The highest BCUT2D eigenvalue weighted by Crippen LogP contribution is 2.27. The molecule has 0 bridgehead atoms. The fourth-order valence-corrected chi connectivity index (χ4v) is 2.13. The quantitative estimate of drug-likeness (QED) is 0.780. The molecule has 0 unspecified atom stereocenters. The predicted molar refractivity (Wildman–Crippen MR) is 63.6 cm³/mol. The summed E-state index contributed by atoms with van der Waals surface area (Å²) in [6.45, 7) is 4.45. The van der Waals surface area contributed by atoms with Gasteiger partial charge in [-0.25, -0.2) is 4.39 Å². The average molecular weight is 223 g/mol. The molecule has 0 aliphatic carbocycles. The Morgan fingerprint density at radius 3 is 2.69 bits per heavy atom. The number of nitrogens with zero attached hydrogens (tertiary/aromatic N) is 1. The highest BCUT2D eigenvalue weighted by molar-refractivity contribution is 5.52. The third-order valence-corrected chi connectivity index (χ3v) is 2.93. The lowest BCUT2D eigenvalue weighted by Gasteiger charge is -2.29. The molecule has 1 aliphatic rings. The topological polar surface area (TPSA) is 12.5 Å². The molecule has 0 N–H and O–H groups in total.